The summed E-state index contributed by atoms with van der Waals surface area (Å²) in [5.74, 6) is 1.20. The van der Waals surface area contributed by atoms with Crippen LogP contribution in [0.15, 0.2) is 42.5 Å². The molecule has 0 amide bonds. The van der Waals surface area contributed by atoms with Crippen molar-refractivity contribution in [1.29, 1.82) is 0 Å². The highest BCUT2D eigenvalue weighted by Gasteiger charge is 2.10. The molecule has 1 atom stereocenters. The molecule has 0 heterocycles. The van der Waals surface area contributed by atoms with Gasteiger partial charge in [-0.1, -0.05) is 29.8 Å². The van der Waals surface area contributed by atoms with Crippen molar-refractivity contribution in [2.45, 2.75) is 26.4 Å². The Hall–Kier alpha value is -2.00. The van der Waals surface area contributed by atoms with E-state index in [1.54, 1.807) is 13.2 Å². The quantitative estimate of drug-likeness (QED) is 0.873. The van der Waals surface area contributed by atoms with Crippen LogP contribution in [-0.4, -0.2) is 12.2 Å². The molecule has 2 aromatic carbocycles. The Bertz CT molecular complexity index is 564. The van der Waals surface area contributed by atoms with Crippen molar-refractivity contribution < 1.29 is 9.84 Å². The molecule has 0 spiro atoms. The first-order valence-electron chi connectivity index (χ1n) is 6.76. The summed E-state index contributed by atoms with van der Waals surface area (Å²) in [5, 5.41) is 13.3. The van der Waals surface area contributed by atoms with E-state index >= 15 is 0 Å². The average molecular weight is 271 g/mol. The van der Waals surface area contributed by atoms with Crippen LogP contribution in [0.5, 0.6) is 11.5 Å². The first-order chi connectivity index (χ1) is 9.60. The molecule has 0 aliphatic heterocycles. The maximum absolute atomic E-state index is 9.91. The van der Waals surface area contributed by atoms with Crippen LogP contribution in [0.1, 0.15) is 29.7 Å². The number of rotatable bonds is 5. The van der Waals surface area contributed by atoms with Crippen molar-refractivity contribution in [1.82, 2.24) is 5.32 Å². The molecule has 0 aromatic heterocycles. The molecule has 2 N–H and O–H groups in total. The molecule has 106 valence electrons. The molecule has 0 radical (unpaired) electrons. The molecule has 0 saturated carbocycles. The number of hydrogen-bond donors (Lipinski definition) is 2. The largest absolute Gasteiger partial charge is 0.508 e. The fourth-order valence-electron chi connectivity index (χ4n) is 2.15. The summed E-state index contributed by atoms with van der Waals surface area (Å²) in [5.41, 5.74) is 3.26. The molecule has 20 heavy (non-hydrogen) atoms. The third-order valence-electron chi connectivity index (χ3n) is 3.42. The lowest BCUT2D eigenvalue weighted by atomic mass is 10.0. The van der Waals surface area contributed by atoms with Crippen molar-refractivity contribution in [3.05, 3.63) is 59.2 Å². The first-order valence-corrected chi connectivity index (χ1v) is 6.76. The topological polar surface area (TPSA) is 41.5 Å². The normalized spacial score (nSPS) is 12.2. The van der Waals surface area contributed by atoms with Crippen LogP contribution >= 0.6 is 0 Å². The highest BCUT2D eigenvalue weighted by atomic mass is 16.5. The summed E-state index contributed by atoms with van der Waals surface area (Å²) >= 11 is 0. The van der Waals surface area contributed by atoms with Gasteiger partial charge < -0.3 is 15.2 Å². The Morgan fingerprint density at radius 3 is 2.50 bits per heavy atom. The molecule has 3 nitrogen and oxygen atoms in total. The molecule has 0 bridgehead atoms. The summed E-state index contributed by atoms with van der Waals surface area (Å²) in [6.45, 7) is 4.83. The van der Waals surface area contributed by atoms with Gasteiger partial charge >= 0.3 is 0 Å². The standard InChI is InChI=1S/C17H21NO2/c1-12-4-9-17(19)16(10-12)13(2)18-11-14-5-7-15(20-3)8-6-14/h4-10,13,18-19H,11H2,1-3H3. The molecule has 0 aliphatic rings. The van der Waals surface area contributed by atoms with Crippen LogP contribution in [-0.2, 0) is 6.54 Å². The van der Waals surface area contributed by atoms with E-state index in [1.807, 2.05) is 43.3 Å². The molecule has 2 aromatic rings. The van der Waals surface area contributed by atoms with Gasteiger partial charge in [-0.25, -0.2) is 0 Å². The molecular formula is C17H21NO2. The smallest absolute Gasteiger partial charge is 0.120 e. The third kappa shape index (κ3) is 3.52. The van der Waals surface area contributed by atoms with Gasteiger partial charge in [-0.3, -0.25) is 0 Å². The second kappa shape index (κ2) is 6.44. The fourth-order valence-corrected chi connectivity index (χ4v) is 2.15. The van der Waals surface area contributed by atoms with Gasteiger partial charge in [-0.2, -0.15) is 0 Å². The summed E-state index contributed by atoms with van der Waals surface area (Å²) < 4.78 is 5.14. The van der Waals surface area contributed by atoms with Gasteiger partial charge in [0.05, 0.1) is 7.11 Å². The zero-order valence-corrected chi connectivity index (χ0v) is 12.2. The number of benzene rings is 2. The predicted molar refractivity (Wildman–Crippen MR) is 81.1 cm³/mol. The van der Waals surface area contributed by atoms with Crippen LogP contribution in [0.4, 0.5) is 0 Å². The maximum atomic E-state index is 9.91. The van der Waals surface area contributed by atoms with Gasteiger partial charge in [-0.15, -0.1) is 0 Å². The van der Waals surface area contributed by atoms with Gasteiger partial charge in [0.15, 0.2) is 0 Å². The number of methoxy groups -OCH3 is 1. The number of nitrogens with one attached hydrogen (secondary N) is 1. The number of ether oxygens (including phenoxy) is 1. The highest BCUT2D eigenvalue weighted by molar-refractivity contribution is 5.37. The number of aryl methyl sites for hydroxylation is 1. The average Bonchev–Trinajstić information content (AvgIpc) is 2.47. The van der Waals surface area contributed by atoms with E-state index in [0.717, 1.165) is 23.4 Å². The maximum Gasteiger partial charge on any atom is 0.120 e. The lowest BCUT2D eigenvalue weighted by Crippen LogP contribution is -2.18. The van der Waals surface area contributed by atoms with Gasteiger partial charge in [0.1, 0.15) is 11.5 Å². The minimum absolute atomic E-state index is 0.0944. The van der Waals surface area contributed by atoms with Crippen LogP contribution < -0.4 is 10.1 Å². The van der Waals surface area contributed by atoms with Crippen molar-refractivity contribution in [2.24, 2.45) is 0 Å². The molecule has 1 unspecified atom stereocenters. The molecule has 0 aliphatic carbocycles. The first kappa shape index (κ1) is 14.4. The van der Waals surface area contributed by atoms with E-state index in [1.165, 1.54) is 5.56 Å². The highest BCUT2D eigenvalue weighted by Crippen LogP contribution is 2.25. The zero-order valence-electron chi connectivity index (χ0n) is 12.2. The van der Waals surface area contributed by atoms with Gasteiger partial charge in [0.25, 0.3) is 0 Å². The van der Waals surface area contributed by atoms with Crippen LogP contribution in [0, 0.1) is 6.92 Å². The number of phenols is 1. The number of aromatic hydroxyl groups is 1. The second-order valence-corrected chi connectivity index (χ2v) is 5.01. The summed E-state index contributed by atoms with van der Waals surface area (Å²) in [6.07, 6.45) is 0. The summed E-state index contributed by atoms with van der Waals surface area (Å²) in [6, 6.07) is 13.7. The molecule has 0 fully saturated rings. The van der Waals surface area contributed by atoms with E-state index in [4.69, 9.17) is 4.74 Å². The third-order valence-corrected chi connectivity index (χ3v) is 3.42. The van der Waals surface area contributed by atoms with Crippen LogP contribution in [0.2, 0.25) is 0 Å². The lowest BCUT2D eigenvalue weighted by molar-refractivity contribution is 0.414. The monoisotopic (exact) mass is 271 g/mol. The minimum Gasteiger partial charge on any atom is -0.508 e. The van der Waals surface area contributed by atoms with Gasteiger partial charge in [0.2, 0.25) is 0 Å². The van der Waals surface area contributed by atoms with Crippen LogP contribution in [0.25, 0.3) is 0 Å². The van der Waals surface area contributed by atoms with E-state index in [2.05, 4.69) is 12.2 Å². The Kier molecular flexibility index (Phi) is 4.64. The predicted octanol–water partition coefficient (Wildman–Crippen LogP) is 3.56. The Morgan fingerprint density at radius 1 is 1.15 bits per heavy atom. The molecule has 3 heteroatoms. The Labute approximate surface area is 120 Å². The van der Waals surface area contributed by atoms with Crippen molar-refractivity contribution >= 4 is 0 Å². The molecule has 0 saturated heterocycles. The van der Waals surface area contributed by atoms with Gasteiger partial charge in [0, 0.05) is 18.2 Å². The van der Waals surface area contributed by atoms with Crippen molar-refractivity contribution in [3.8, 4) is 11.5 Å². The lowest BCUT2D eigenvalue weighted by Gasteiger charge is -2.16. The summed E-state index contributed by atoms with van der Waals surface area (Å²) in [7, 11) is 1.66. The molecular weight excluding hydrogens is 250 g/mol. The van der Waals surface area contributed by atoms with E-state index < -0.39 is 0 Å². The number of hydrogen-bond acceptors (Lipinski definition) is 3. The van der Waals surface area contributed by atoms with Crippen molar-refractivity contribution in [3.63, 3.8) is 0 Å². The van der Waals surface area contributed by atoms with E-state index in [9.17, 15) is 5.11 Å². The van der Waals surface area contributed by atoms with Crippen LogP contribution in [0.3, 0.4) is 0 Å². The number of phenolic OH excluding ortho intramolecular Hbond substituents is 1. The van der Waals surface area contributed by atoms with Crippen molar-refractivity contribution in [2.75, 3.05) is 7.11 Å². The van der Waals surface area contributed by atoms with Gasteiger partial charge in [-0.05, 0) is 37.6 Å². The summed E-state index contributed by atoms with van der Waals surface area (Å²) in [4.78, 5) is 0. The minimum atomic E-state index is 0.0944. The SMILES string of the molecule is COc1ccc(CNC(C)c2cc(C)ccc2O)cc1. The second-order valence-electron chi connectivity index (χ2n) is 5.01. The van der Waals surface area contributed by atoms with E-state index in [-0.39, 0.29) is 6.04 Å². The van der Waals surface area contributed by atoms with E-state index in [0.29, 0.717) is 5.75 Å². The fraction of sp³-hybridized carbons (Fsp3) is 0.294. The Morgan fingerprint density at radius 2 is 1.85 bits per heavy atom. The molecule has 2 rings (SSSR count). The zero-order chi connectivity index (χ0) is 14.5. The Balaban J connectivity index is 2.00.